The van der Waals surface area contributed by atoms with Crippen molar-refractivity contribution in [3.05, 3.63) is 29.8 Å². The summed E-state index contributed by atoms with van der Waals surface area (Å²) in [5.41, 5.74) is 0.361. The molecule has 0 unspecified atom stereocenters. The van der Waals surface area contributed by atoms with Gasteiger partial charge >= 0.3 is 0 Å². The zero-order chi connectivity index (χ0) is 16.9. The Morgan fingerprint density at radius 3 is 3.17 bits per heavy atom. The fraction of sp³-hybridized carbons (Fsp3) is 0.500. The molecule has 8 heteroatoms. The minimum atomic E-state index is -0.216. The Hall–Kier alpha value is -2.22. The van der Waals surface area contributed by atoms with Gasteiger partial charge in [0.25, 0.3) is 5.91 Å². The van der Waals surface area contributed by atoms with Gasteiger partial charge in [0.1, 0.15) is 23.4 Å². The first-order chi connectivity index (χ1) is 11.7. The number of aryl methyl sites for hydroxylation is 1. The quantitative estimate of drug-likeness (QED) is 0.890. The van der Waals surface area contributed by atoms with E-state index in [1.54, 1.807) is 25.4 Å². The molecule has 1 fully saturated rings. The van der Waals surface area contributed by atoms with Crippen LogP contribution in [0.25, 0.3) is 0 Å². The van der Waals surface area contributed by atoms with E-state index in [4.69, 9.17) is 4.74 Å². The molecule has 0 aromatic carbocycles. The van der Waals surface area contributed by atoms with Gasteiger partial charge in [-0.1, -0.05) is 6.92 Å². The predicted molar refractivity (Wildman–Crippen MR) is 92.8 cm³/mol. The van der Waals surface area contributed by atoms with Crippen molar-refractivity contribution >= 4 is 22.6 Å². The number of rotatable bonds is 5. The molecule has 24 heavy (non-hydrogen) atoms. The lowest BCUT2D eigenvalue weighted by Gasteiger charge is -2.32. The van der Waals surface area contributed by atoms with Crippen molar-refractivity contribution in [1.29, 1.82) is 0 Å². The first-order valence-electron chi connectivity index (χ1n) is 8.12. The molecule has 3 heterocycles. The molecule has 0 radical (unpaired) electrons. The van der Waals surface area contributed by atoms with Crippen molar-refractivity contribution in [2.75, 3.05) is 25.0 Å². The van der Waals surface area contributed by atoms with Gasteiger partial charge in [-0.2, -0.15) is 4.37 Å². The number of piperidine rings is 1. The molecule has 1 saturated heterocycles. The molecule has 1 atom stereocenters. The summed E-state index contributed by atoms with van der Waals surface area (Å²) in [6, 6.07) is 3.46. The van der Waals surface area contributed by atoms with Crippen LogP contribution in [-0.4, -0.2) is 46.5 Å². The third kappa shape index (κ3) is 3.81. The highest BCUT2D eigenvalue weighted by Gasteiger charge is 2.24. The highest BCUT2D eigenvalue weighted by Crippen LogP contribution is 2.24. The largest absolute Gasteiger partial charge is 0.488 e. The molecule has 0 spiro atoms. The number of aromatic nitrogens is 3. The molecular formula is C16H21N5O2S. The molecule has 128 valence electrons. The fourth-order valence-electron chi connectivity index (χ4n) is 2.65. The van der Waals surface area contributed by atoms with Crippen LogP contribution in [0.4, 0.5) is 5.13 Å². The van der Waals surface area contributed by atoms with Crippen LogP contribution >= 0.6 is 11.5 Å². The SMILES string of the molecule is CCc1nsc(N2CCC[C@@H](Oc3ccnc(C(=O)NC)c3)C2)n1. The minimum Gasteiger partial charge on any atom is -0.488 e. The molecule has 1 aliphatic heterocycles. The van der Waals surface area contributed by atoms with Crippen LogP contribution in [0.2, 0.25) is 0 Å². The Bertz CT molecular complexity index is 705. The molecule has 2 aromatic heterocycles. The van der Waals surface area contributed by atoms with E-state index in [0.717, 1.165) is 43.3 Å². The smallest absolute Gasteiger partial charge is 0.269 e. The second kappa shape index (κ2) is 7.57. The maximum absolute atomic E-state index is 11.7. The lowest BCUT2D eigenvalue weighted by Crippen LogP contribution is -2.41. The number of hydrogen-bond acceptors (Lipinski definition) is 7. The molecule has 1 aliphatic rings. The standard InChI is InChI=1S/C16H21N5O2S/c1-3-14-19-16(24-20-14)21-8-4-5-12(10-21)23-11-6-7-18-13(9-11)15(22)17-2/h6-7,9,12H,3-5,8,10H2,1-2H3,(H,17,22)/t12-/m1/s1. The molecule has 3 rings (SSSR count). The maximum Gasteiger partial charge on any atom is 0.269 e. The number of hydrogen-bond donors (Lipinski definition) is 1. The van der Waals surface area contributed by atoms with Gasteiger partial charge in [-0.25, -0.2) is 4.98 Å². The van der Waals surface area contributed by atoms with Crippen molar-refractivity contribution in [2.24, 2.45) is 0 Å². The number of ether oxygens (including phenoxy) is 1. The van der Waals surface area contributed by atoms with E-state index in [9.17, 15) is 4.79 Å². The number of nitrogens with one attached hydrogen (secondary N) is 1. The number of pyridine rings is 1. The summed E-state index contributed by atoms with van der Waals surface area (Å²) in [6.45, 7) is 3.80. The maximum atomic E-state index is 11.7. The summed E-state index contributed by atoms with van der Waals surface area (Å²) in [4.78, 5) is 22.5. The third-order valence-electron chi connectivity index (χ3n) is 3.92. The first-order valence-corrected chi connectivity index (χ1v) is 8.89. The first kappa shape index (κ1) is 16.6. The molecule has 1 amide bonds. The van der Waals surface area contributed by atoms with Gasteiger partial charge in [0.05, 0.1) is 6.54 Å². The van der Waals surface area contributed by atoms with Crippen molar-refractivity contribution < 1.29 is 9.53 Å². The van der Waals surface area contributed by atoms with Gasteiger partial charge < -0.3 is 15.0 Å². The van der Waals surface area contributed by atoms with Gasteiger partial charge in [0.2, 0.25) is 5.13 Å². The zero-order valence-electron chi connectivity index (χ0n) is 13.9. The summed E-state index contributed by atoms with van der Waals surface area (Å²) in [5.74, 6) is 1.34. The van der Waals surface area contributed by atoms with Gasteiger partial charge in [0, 0.05) is 43.8 Å². The monoisotopic (exact) mass is 347 g/mol. The minimum absolute atomic E-state index is 0.0627. The van der Waals surface area contributed by atoms with Gasteiger partial charge in [-0.3, -0.25) is 9.78 Å². The molecule has 2 aromatic rings. The Morgan fingerprint density at radius 2 is 2.42 bits per heavy atom. The van der Waals surface area contributed by atoms with Gasteiger partial charge in [-0.05, 0) is 18.9 Å². The van der Waals surface area contributed by atoms with E-state index in [1.165, 1.54) is 11.5 Å². The average molecular weight is 347 g/mol. The van der Waals surface area contributed by atoms with E-state index in [2.05, 4.69) is 31.5 Å². The Balaban J connectivity index is 1.66. The number of anilines is 1. The predicted octanol–water partition coefficient (Wildman–Crippen LogP) is 1.90. The van der Waals surface area contributed by atoms with Crippen LogP contribution in [0.3, 0.4) is 0 Å². The van der Waals surface area contributed by atoms with Crippen molar-refractivity contribution in [2.45, 2.75) is 32.3 Å². The van der Waals surface area contributed by atoms with Crippen molar-refractivity contribution in [3.8, 4) is 5.75 Å². The van der Waals surface area contributed by atoms with Gasteiger partial charge in [0.15, 0.2) is 0 Å². The van der Waals surface area contributed by atoms with Crippen LogP contribution in [0, 0.1) is 0 Å². The summed E-state index contributed by atoms with van der Waals surface area (Å²) < 4.78 is 10.4. The normalized spacial score (nSPS) is 17.6. The number of carbonyl (C=O) groups excluding carboxylic acids is 1. The van der Waals surface area contributed by atoms with E-state index < -0.39 is 0 Å². The highest BCUT2D eigenvalue weighted by molar-refractivity contribution is 7.09. The van der Waals surface area contributed by atoms with E-state index in [1.807, 2.05) is 0 Å². The van der Waals surface area contributed by atoms with E-state index >= 15 is 0 Å². The molecular weight excluding hydrogens is 326 g/mol. The Kier molecular flexibility index (Phi) is 5.24. The summed E-state index contributed by atoms with van der Waals surface area (Å²) >= 11 is 1.44. The lowest BCUT2D eigenvalue weighted by molar-refractivity contribution is 0.0957. The topological polar surface area (TPSA) is 80.2 Å². The molecule has 0 aliphatic carbocycles. The fourth-order valence-corrected chi connectivity index (χ4v) is 3.44. The summed E-state index contributed by atoms with van der Waals surface area (Å²) in [7, 11) is 1.59. The van der Waals surface area contributed by atoms with E-state index in [-0.39, 0.29) is 12.0 Å². The molecule has 7 nitrogen and oxygen atoms in total. The second-order valence-electron chi connectivity index (χ2n) is 5.63. The van der Waals surface area contributed by atoms with Crippen LogP contribution in [-0.2, 0) is 6.42 Å². The summed E-state index contributed by atoms with van der Waals surface area (Å²) in [6.07, 6.45) is 4.53. The lowest BCUT2D eigenvalue weighted by atomic mass is 10.1. The molecule has 1 N–H and O–H groups in total. The average Bonchev–Trinajstić information content (AvgIpc) is 3.11. The van der Waals surface area contributed by atoms with Gasteiger partial charge in [-0.15, -0.1) is 0 Å². The second-order valence-corrected chi connectivity index (χ2v) is 6.36. The van der Waals surface area contributed by atoms with Crippen LogP contribution < -0.4 is 15.0 Å². The number of nitrogens with zero attached hydrogens (tertiary/aromatic N) is 4. The number of carbonyl (C=O) groups is 1. The van der Waals surface area contributed by atoms with Crippen LogP contribution in [0.5, 0.6) is 5.75 Å². The van der Waals surface area contributed by atoms with E-state index in [0.29, 0.717) is 11.4 Å². The number of amides is 1. The zero-order valence-corrected chi connectivity index (χ0v) is 14.7. The molecule has 0 bridgehead atoms. The summed E-state index contributed by atoms with van der Waals surface area (Å²) in [5, 5.41) is 3.53. The van der Waals surface area contributed by atoms with Crippen molar-refractivity contribution in [1.82, 2.24) is 19.7 Å². The third-order valence-corrected chi connectivity index (χ3v) is 4.73. The highest BCUT2D eigenvalue weighted by atomic mass is 32.1. The van der Waals surface area contributed by atoms with Crippen LogP contribution in [0.1, 0.15) is 36.1 Å². The Labute approximate surface area is 145 Å². The molecule has 0 saturated carbocycles. The van der Waals surface area contributed by atoms with Crippen LogP contribution in [0.15, 0.2) is 18.3 Å². The van der Waals surface area contributed by atoms with Crippen molar-refractivity contribution in [3.63, 3.8) is 0 Å². The Morgan fingerprint density at radius 1 is 1.54 bits per heavy atom.